The molecule has 2 heteroatoms. The molecule has 84 valence electrons. The number of carbonyl (C=O) groups excluding carboxylic acids is 1. The van der Waals surface area contributed by atoms with Crippen LogP contribution in [-0.4, -0.2) is 11.3 Å². The van der Waals surface area contributed by atoms with Crippen LogP contribution in [0.2, 0.25) is 0 Å². The van der Waals surface area contributed by atoms with Gasteiger partial charge in [-0.3, -0.25) is 4.79 Å². The summed E-state index contributed by atoms with van der Waals surface area (Å²) in [6, 6.07) is 0. The van der Waals surface area contributed by atoms with Crippen molar-refractivity contribution in [1.29, 1.82) is 0 Å². The molecule has 0 aliphatic rings. The topological polar surface area (TPSA) is 43.1 Å². The van der Waals surface area contributed by atoms with Gasteiger partial charge in [-0.15, -0.1) is 0 Å². The highest BCUT2D eigenvalue weighted by molar-refractivity contribution is 5.87. The molecule has 0 aromatic heterocycles. The van der Waals surface area contributed by atoms with Gasteiger partial charge in [0.2, 0.25) is 0 Å². The van der Waals surface area contributed by atoms with Gasteiger partial charge in [-0.2, -0.15) is 0 Å². The fraction of sp³-hybridized carbons (Fsp3) is 0.917. The molecule has 0 radical (unpaired) electrons. The third-order valence-electron chi connectivity index (χ3n) is 2.72. The summed E-state index contributed by atoms with van der Waals surface area (Å²) in [5, 5.41) is 0. The fourth-order valence-corrected chi connectivity index (χ4v) is 1.80. The Bertz CT molecular complexity index is 175. The smallest absolute Gasteiger partial charge is 0.152 e. The predicted molar refractivity (Wildman–Crippen MR) is 61.2 cm³/mol. The number of ketones is 1. The fourth-order valence-electron chi connectivity index (χ4n) is 1.80. The summed E-state index contributed by atoms with van der Waals surface area (Å²) in [6.45, 7) is 8.20. The quantitative estimate of drug-likeness (QED) is 0.685. The number of hydrogen-bond donors (Lipinski definition) is 1. The van der Waals surface area contributed by atoms with E-state index < -0.39 is 5.54 Å². The normalized spacial score (nSPS) is 17.5. The van der Waals surface area contributed by atoms with Gasteiger partial charge in [0.15, 0.2) is 5.78 Å². The van der Waals surface area contributed by atoms with Gasteiger partial charge in [0, 0.05) is 6.42 Å². The van der Waals surface area contributed by atoms with Crippen LogP contribution in [0.25, 0.3) is 0 Å². The summed E-state index contributed by atoms with van der Waals surface area (Å²) < 4.78 is 0. The minimum atomic E-state index is -0.600. The summed E-state index contributed by atoms with van der Waals surface area (Å²) in [5.41, 5.74) is 5.37. The monoisotopic (exact) mass is 199 g/mol. The first kappa shape index (κ1) is 13.6. The van der Waals surface area contributed by atoms with E-state index in [1.165, 1.54) is 0 Å². The van der Waals surface area contributed by atoms with E-state index in [2.05, 4.69) is 20.8 Å². The first-order valence-electron chi connectivity index (χ1n) is 5.76. The van der Waals surface area contributed by atoms with Gasteiger partial charge in [0.1, 0.15) is 0 Å². The van der Waals surface area contributed by atoms with E-state index in [9.17, 15) is 4.79 Å². The first-order valence-corrected chi connectivity index (χ1v) is 5.76. The molecule has 0 aliphatic heterocycles. The van der Waals surface area contributed by atoms with Gasteiger partial charge in [-0.05, 0) is 19.3 Å². The van der Waals surface area contributed by atoms with Gasteiger partial charge < -0.3 is 5.73 Å². The molecular formula is C12H25NO. The molecule has 0 fully saturated rings. The molecule has 0 aliphatic carbocycles. The van der Waals surface area contributed by atoms with Crippen LogP contribution in [0.5, 0.6) is 0 Å². The lowest BCUT2D eigenvalue weighted by Gasteiger charge is -2.24. The van der Waals surface area contributed by atoms with Crippen molar-refractivity contribution in [2.75, 3.05) is 0 Å². The zero-order chi connectivity index (χ0) is 11.2. The Kier molecular flexibility index (Phi) is 6.01. The average Bonchev–Trinajstić information content (AvgIpc) is 2.04. The van der Waals surface area contributed by atoms with Crippen molar-refractivity contribution >= 4 is 5.78 Å². The van der Waals surface area contributed by atoms with Crippen molar-refractivity contribution < 1.29 is 4.79 Å². The highest BCUT2D eigenvalue weighted by Gasteiger charge is 2.27. The molecule has 0 aromatic rings. The molecule has 0 aromatic carbocycles. The van der Waals surface area contributed by atoms with Gasteiger partial charge >= 0.3 is 0 Å². The van der Waals surface area contributed by atoms with Crippen LogP contribution in [0, 0.1) is 5.92 Å². The van der Waals surface area contributed by atoms with Gasteiger partial charge in [0.25, 0.3) is 0 Å². The van der Waals surface area contributed by atoms with Crippen LogP contribution in [0.4, 0.5) is 0 Å². The molecule has 0 saturated carbocycles. The molecule has 0 spiro atoms. The van der Waals surface area contributed by atoms with E-state index in [0.29, 0.717) is 12.3 Å². The SMILES string of the molecule is CCCC(C)CC(=O)C(C)(N)CCC. The van der Waals surface area contributed by atoms with Crippen LogP contribution >= 0.6 is 0 Å². The van der Waals surface area contributed by atoms with E-state index in [4.69, 9.17) is 5.73 Å². The molecule has 2 atom stereocenters. The minimum Gasteiger partial charge on any atom is -0.319 e. The second kappa shape index (κ2) is 6.18. The molecule has 2 N–H and O–H groups in total. The molecule has 14 heavy (non-hydrogen) atoms. The number of Topliss-reactive ketones (excluding diaryl/α,β-unsaturated/α-hetero) is 1. The van der Waals surface area contributed by atoms with Crippen LogP contribution in [0.3, 0.4) is 0 Å². The lowest BCUT2D eigenvalue weighted by atomic mass is 9.86. The van der Waals surface area contributed by atoms with Crippen LogP contribution < -0.4 is 5.73 Å². The highest BCUT2D eigenvalue weighted by atomic mass is 16.1. The largest absolute Gasteiger partial charge is 0.319 e. The molecule has 0 saturated heterocycles. The number of carbonyl (C=O) groups is 1. The van der Waals surface area contributed by atoms with E-state index >= 15 is 0 Å². The van der Waals surface area contributed by atoms with Crippen molar-refractivity contribution in [1.82, 2.24) is 0 Å². The lowest BCUT2D eigenvalue weighted by Crippen LogP contribution is -2.45. The Morgan fingerprint density at radius 2 is 1.93 bits per heavy atom. The van der Waals surface area contributed by atoms with Crippen molar-refractivity contribution in [3.8, 4) is 0 Å². The minimum absolute atomic E-state index is 0.223. The van der Waals surface area contributed by atoms with Gasteiger partial charge in [-0.25, -0.2) is 0 Å². The summed E-state index contributed by atoms with van der Waals surface area (Å²) in [5.74, 6) is 0.701. The zero-order valence-electron chi connectivity index (χ0n) is 10.1. The molecule has 2 unspecified atom stereocenters. The van der Waals surface area contributed by atoms with Crippen LogP contribution in [0.15, 0.2) is 0 Å². The number of rotatable bonds is 7. The van der Waals surface area contributed by atoms with Crippen molar-refractivity contribution in [3.05, 3.63) is 0 Å². The van der Waals surface area contributed by atoms with Crippen LogP contribution in [-0.2, 0) is 4.79 Å². The van der Waals surface area contributed by atoms with E-state index in [-0.39, 0.29) is 5.78 Å². The molecule has 0 bridgehead atoms. The van der Waals surface area contributed by atoms with Crippen LogP contribution in [0.1, 0.15) is 59.8 Å². The second-order valence-corrected chi connectivity index (χ2v) is 4.69. The molecule has 0 amide bonds. The maximum Gasteiger partial charge on any atom is 0.152 e. The highest BCUT2D eigenvalue weighted by Crippen LogP contribution is 2.18. The lowest BCUT2D eigenvalue weighted by molar-refractivity contribution is -0.124. The van der Waals surface area contributed by atoms with E-state index in [1.54, 1.807) is 0 Å². The van der Waals surface area contributed by atoms with E-state index in [0.717, 1.165) is 25.7 Å². The molecular weight excluding hydrogens is 174 g/mol. The molecule has 0 heterocycles. The Labute approximate surface area is 88.3 Å². The van der Waals surface area contributed by atoms with Crippen molar-refractivity contribution in [3.63, 3.8) is 0 Å². The van der Waals surface area contributed by atoms with Gasteiger partial charge in [0.05, 0.1) is 5.54 Å². The van der Waals surface area contributed by atoms with E-state index in [1.807, 2.05) is 6.92 Å². The Morgan fingerprint density at radius 3 is 2.36 bits per heavy atom. The zero-order valence-corrected chi connectivity index (χ0v) is 10.1. The summed E-state index contributed by atoms with van der Waals surface area (Å²) in [4.78, 5) is 11.8. The molecule has 2 nitrogen and oxygen atoms in total. The van der Waals surface area contributed by atoms with Crippen molar-refractivity contribution in [2.45, 2.75) is 65.3 Å². The Morgan fingerprint density at radius 1 is 1.36 bits per heavy atom. The first-order chi connectivity index (χ1) is 6.44. The predicted octanol–water partition coefficient (Wildman–Crippen LogP) is 2.90. The number of nitrogens with two attached hydrogens (primary N) is 1. The van der Waals surface area contributed by atoms with Crippen molar-refractivity contribution in [2.24, 2.45) is 11.7 Å². The number of hydrogen-bond acceptors (Lipinski definition) is 2. The Balaban J connectivity index is 4.05. The maximum atomic E-state index is 11.8. The molecule has 0 rings (SSSR count). The summed E-state index contributed by atoms with van der Waals surface area (Å²) in [7, 11) is 0. The standard InChI is InChI=1S/C12H25NO/c1-5-7-10(3)9-11(14)12(4,13)8-6-2/h10H,5-9,13H2,1-4H3. The Hall–Kier alpha value is -0.370. The third-order valence-corrected chi connectivity index (χ3v) is 2.72. The summed E-state index contributed by atoms with van der Waals surface area (Å²) in [6.07, 6.45) is 4.67. The van der Waals surface area contributed by atoms with Gasteiger partial charge in [-0.1, -0.05) is 40.0 Å². The second-order valence-electron chi connectivity index (χ2n) is 4.69. The average molecular weight is 199 g/mol. The summed E-state index contributed by atoms with van der Waals surface area (Å²) >= 11 is 0. The maximum absolute atomic E-state index is 11.8. The third kappa shape index (κ3) is 4.75.